The van der Waals surface area contributed by atoms with Crippen LogP contribution in [-0.2, 0) is 14.2 Å². The molecule has 0 aromatic rings. The van der Waals surface area contributed by atoms with E-state index >= 15 is 0 Å². The molecular weight excluding hydrogens is 389 g/mol. The number of carbonyl (C=O) groups excluding carboxylic acids is 2. The molecule has 1 saturated carbocycles. The minimum atomic E-state index is -3.50. The standard InChI is InChI=1S/C21H38N3O4P/c1-15-12-18-20(26)23(3)21(29(4,27)28)13-16(21)10-8-6-5-7-9-11-17(22-2)19(25)24(18)14-15/h15-18,22H,5-14H2,1-4H3,(H,27,28). The summed E-state index contributed by atoms with van der Waals surface area (Å²) in [6.07, 6.45) is 8.19. The Balaban J connectivity index is 1.91. The zero-order valence-electron chi connectivity index (χ0n) is 18.4. The van der Waals surface area contributed by atoms with E-state index in [0.29, 0.717) is 19.4 Å². The fourth-order valence-electron chi connectivity index (χ4n) is 5.63. The minimum absolute atomic E-state index is 0.0106. The van der Waals surface area contributed by atoms with Crippen LogP contribution in [0.1, 0.15) is 64.7 Å². The van der Waals surface area contributed by atoms with E-state index in [1.54, 1.807) is 16.8 Å². The van der Waals surface area contributed by atoms with Crippen LogP contribution in [0.15, 0.2) is 0 Å². The predicted octanol–water partition coefficient (Wildman–Crippen LogP) is 2.63. The Labute approximate surface area is 175 Å². The first-order valence-corrected chi connectivity index (χ1v) is 13.3. The van der Waals surface area contributed by atoms with E-state index in [1.807, 2.05) is 7.05 Å². The van der Waals surface area contributed by atoms with Crippen molar-refractivity contribution in [1.29, 1.82) is 0 Å². The molecule has 3 fully saturated rings. The molecule has 3 rings (SSSR count). The molecule has 2 N–H and O–H groups in total. The number of fused-ring (bicyclic) bond motifs is 2. The van der Waals surface area contributed by atoms with Crippen molar-refractivity contribution in [3.63, 3.8) is 0 Å². The molecule has 2 amide bonds. The van der Waals surface area contributed by atoms with Gasteiger partial charge in [0.15, 0.2) is 0 Å². The summed E-state index contributed by atoms with van der Waals surface area (Å²) in [6, 6.07) is -0.808. The number of nitrogens with one attached hydrogen (secondary N) is 1. The van der Waals surface area contributed by atoms with Crippen molar-refractivity contribution in [2.45, 2.75) is 82.1 Å². The van der Waals surface area contributed by atoms with Crippen LogP contribution in [0.5, 0.6) is 0 Å². The molecule has 7 nitrogen and oxygen atoms in total. The van der Waals surface area contributed by atoms with Gasteiger partial charge in [-0.15, -0.1) is 0 Å². The first-order valence-electron chi connectivity index (χ1n) is 11.2. The molecule has 0 aromatic heterocycles. The maximum Gasteiger partial charge on any atom is 0.246 e. The Morgan fingerprint density at radius 1 is 1.10 bits per heavy atom. The molecule has 0 spiro atoms. The van der Waals surface area contributed by atoms with E-state index in [4.69, 9.17) is 0 Å². The third kappa shape index (κ3) is 4.28. The topological polar surface area (TPSA) is 89.9 Å². The number of rotatable bonds is 2. The molecule has 3 aliphatic rings. The van der Waals surface area contributed by atoms with Crippen molar-refractivity contribution in [1.82, 2.24) is 15.1 Å². The van der Waals surface area contributed by atoms with Crippen molar-refractivity contribution < 1.29 is 19.0 Å². The van der Waals surface area contributed by atoms with E-state index in [2.05, 4.69) is 12.2 Å². The van der Waals surface area contributed by atoms with Crippen molar-refractivity contribution in [2.75, 3.05) is 27.3 Å². The van der Waals surface area contributed by atoms with Gasteiger partial charge in [0, 0.05) is 20.3 Å². The van der Waals surface area contributed by atoms with Crippen molar-refractivity contribution in [2.24, 2.45) is 11.8 Å². The lowest BCUT2D eigenvalue weighted by molar-refractivity contribution is -0.145. The molecule has 29 heavy (non-hydrogen) atoms. The van der Waals surface area contributed by atoms with E-state index in [9.17, 15) is 19.0 Å². The molecule has 1 aliphatic carbocycles. The van der Waals surface area contributed by atoms with Crippen molar-refractivity contribution in [3.8, 4) is 0 Å². The lowest BCUT2D eigenvalue weighted by Gasteiger charge is -2.36. The lowest BCUT2D eigenvalue weighted by atomic mass is 10.0. The van der Waals surface area contributed by atoms with Crippen LogP contribution in [0, 0.1) is 11.8 Å². The number of hydrogen-bond acceptors (Lipinski definition) is 4. The van der Waals surface area contributed by atoms with Crippen LogP contribution >= 0.6 is 7.37 Å². The monoisotopic (exact) mass is 427 g/mol. The predicted molar refractivity (Wildman–Crippen MR) is 114 cm³/mol. The van der Waals surface area contributed by atoms with Crippen LogP contribution in [0.3, 0.4) is 0 Å². The Hall–Kier alpha value is -0.910. The Bertz CT molecular complexity index is 681. The molecule has 6 atom stereocenters. The molecule has 0 bridgehead atoms. The summed E-state index contributed by atoms with van der Waals surface area (Å²) in [7, 11) is -0.0192. The first-order chi connectivity index (χ1) is 13.6. The van der Waals surface area contributed by atoms with Crippen LogP contribution in [0.2, 0.25) is 0 Å². The quantitative estimate of drug-likeness (QED) is 0.662. The van der Waals surface area contributed by atoms with Crippen LogP contribution in [0.25, 0.3) is 0 Å². The Morgan fingerprint density at radius 3 is 2.34 bits per heavy atom. The number of hydrogen-bond donors (Lipinski definition) is 2. The van der Waals surface area contributed by atoms with Crippen LogP contribution in [-0.4, -0.2) is 71.2 Å². The Kier molecular flexibility index (Phi) is 6.82. The molecule has 2 aliphatic heterocycles. The third-order valence-electron chi connectivity index (χ3n) is 7.44. The molecule has 0 aromatic carbocycles. The number of carbonyl (C=O) groups is 2. The highest BCUT2D eigenvalue weighted by atomic mass is 31.2. The number of likely N-dealkylation sites (N-methyl/N-ethyl adjacent to an activating group) is 2. The molecule has 0 radical (unpaired) electrons. The maximum absolute atomic E-state index is 13.5. The van der Waals surface area contributed by atoms with Gasteiger partial charge in [-0.3, -0.25) is 14.2 Å². The van der Waals surface area contributed by atoms with Gasteiger partial charge in [0.1, 0.15) is 11.3 Å². The summed E-state index contributed by atoms with van der Waals surface area (Å²) in [5.74, 6) is 0.135. The van der Waals surface area contributed by atoms with Crippen LogP contribution < -0.4 is 5.32 Å². The van der Waals surface area contributed by atoms with E-state index < -0.39 is 18.7 Å². The third-order valence-corrected chi connectivity index (χ3v) is 9.73. The van der Waals surface area contributed by atoms with Gasteiger partial charge >= 0.3 is 0 Å². The van der Waals surface area contributed by atoms with Crippen molar-refractivity contribution >= 4 is 19.2 Å². The highest BCUT2D eigenvalue weighted by Crippen LogP contribution is 2.71. The van der Waals surface area contributed by atoms with Gasteiger partial charge in [-0.25, -0.2) is 0 Å². The highest BCUT2D eigenvalue weighted by Gasteiger charge is 2.67. The van der Waals surface area contributed by atoms with Gasteiger partial charge in [-0.2, -0.15) is 0 Å². The first kappa shape index (κ1) is 22.8. The van der Waals surface area contributed by atoms with Crippen molar-refractivity contribution in [3.05, 3.63) is 0 Å². The zero-order valence-corrected chi connectivity index (χ0v) is 19.3. The molecule has 2 heterocycles. The summed E-state index contributed by atoms with van der Waals surface area (Å²) in [5.41, 5.74) is 0. The SMILES string of the molecule is CNC1CCCCCCCC2CC2(P(C)(=O)O)N(C)C(=O)C2CC(C)CN2C1=O. The second kappa shape index (κ2) is 8.68. The summed E-state index contributed by atoms with van der Waals surface area (Å²) in [5, 5.41) is 2.20. The summed E-state index contributed by atoms with van der Waals surface area (Å²) >= 11 is 0. The fraction of sp³-hybridized carbons (Fsp3) is 0.905. The van der Waals surface area contributed by atoms with Gasteiger partial charge in [0.05, 0.1) is 6.04 Å². The minimum Gasteiger partial charge on any atom is -0.343 e. The number of nitrogens with zero attached hydrogens (tertiary/aromatic N) is 2. The van der Waals surface area contributed by atoms with Gasteiger partial charge < -0.3 is 20.0 Å². The van der Waals surface area contributed by atoms with Gasteiger partial charge in [-0.1, -0.05) is 39.0 Å². The highest BCUT2D eigenvalue weighted by molar-refractivity contribution is 7.59. The molecule has 8 heteroatoms. The average molecular weight is 428 g/mol. The summed E-state index contributed by atoms with van der Waals surface area (Å²) < 4.78 is 12.9. The zero-order chi connectivity index (χ0) is 21.4. The normalized spacial score (nSPS) is 39.2. The molecule has 2 saturated heterocycles. The Morgan fingerprint density at radius 2 is 1.72 bits per heavy atom. The average Bonchev–Trinajstić information content (AvgIpc) is 3.28. The maximum atomic E-state index is 13.5. The largest absolute Gasteiger partial charge is 0.343 e. The van der Waals surface area contributed by atoms with Crippen LogP contribution in [0.4, 0.5) is 0 Å². The summed E-state index contributed by atoms with van der Waals surface area (Å²) in [6.45, 7) is 4.02. The van der Waals surface area contributed by atoms with E-state index in [0.717, 1.165) is 44.9 Å². The van der Waals surface area contributed by atoms with Gasteiger partial charge in [0.25, 0.3) is 0 Å². The van der Waals surface area contributed by atoms with E-state index in [1.165, 1.54) is 6.66 Å². The summed E-state index contributed by atoms with van der Waals surface area (Å²) in [4.78, 5) is 40.6. The second-order valence-electron chi connectivity index (χ2n) is 9.59. The molecule has 6 unspecified atom stereocenters. The fourth-order valence-corrected chi connectivity index (χ4v) is 7.65. The van der Waals surface area contributed by atoms with E-state index in [-0.39, 0.29) is 29.7 Å². The lowest BCUT2D eigenvalue weighted by Crippen LogP contribution is -2.54. The van der Waals surface area contributed by atoms with Gasteiger partial charge in [-0.05, 0) is 44.6 Å². The molecule has 166 valence electrons. The molecular formula is C21H38N3O4P. The smallest absolute Gasteiger partial charge is 0.246 e. The number of amides is 2. The second-order valence-corrected chi connectivity index (χ2v) is 12.1. The van der Waals surface area contributed by atoms with Gasteiger partial charge in [0.2, 0.25) is 19.2 Å².